The maximum atomic E-state index is 11.2. The van der Waals surface area contributed by atoms with Gasteiger partial charge in [-0.3, -0.25) is 9.48 Å². The molecule has 0 atom stereocenters. The molecule has 0 aromatic carbocycles. The minimum atomic E-state index is 0.162. The van der Waals surface area contributed by atoms with E-state index in [1.807, 2.05) is 16.5 Å². The second kappa shape index (κ2) is 4.15. The molecular weight excluding hydrogens is 204 g/mol. The summed E-state index contributed by atoms with van der Waals surface area (Å²) in [5.74, 6) is 0.162. The highest BCUT2D eigenvalue weighted by Crippen LogP contribution is 2.24. The molecule has 16 heavy (non-hydrogen) atoms. The van der Waals surface area contributed by atoms with E-state index in [2.05, 4.69) is 5.10 Å². The minimum absolute atomic E-state index is 0.162. The molecule has 0 aliphatic carbocycles. The van der Waals surface area contributed by atoms with E-state index < -0.39 is 0 Å². The van der Waals surface area contributed by atoms with Gasteiger partial charge in [0, 0.05) is 20.0 Å². The van der Waals surface area contributed by atoms with Crippen molar-refractivity contribution in [3.05, 3.63) is 11.9 Å². The van der Waals surface area contributed by atoms with Gasteiger partial charge >= 0.3 is 0 Å². The summed E-state index contributed by atoms with van der Waals surface area (Å²) in [5, 5.41) is 4.30. The SMILES string of the molecule is CC(=O)N1CCC(n2ncc(N)c2C)CC1. The molecule has 1 aliphatic heterocycles. The van der Waals surface area contributed by atoms with Crippen LogP contribution in [-0.4, -0.2) is 33.7 Å². The topological polar surface area (TPSA) is 64.2 Å². The van der Waals surface area contributed by atoms with Gasteiger partial charge in [-0.1, -0.05) is 0 Å². The van der Waals surface area contributed by atoms with Crippen molar-refractivity contribution in [3.8, 4) is 0 Å². The summed E-state index contributed by atoms with van der Waals surface area (Å²) in [7, 11) is 0. The lowest BCUT2D eigenvalue weighted by Gasteiger charge is -2.31. The highest BCUT2D eigenvalue weighted by atomic mass is 16.2. The van der Waals surface area contributed by atoms with E-state index in [1.165, 1.54) is 0 Å². The van der Waals surface area contributed by atoms with E-state index in [0.717, 1.165) is 37.3 Å². The van der Waals surface area contributed by atoms with Crippen LogP contribution in [-0.2, 0) is 4.79 Å². The van der Waals surface area contributed by atoms with Crippen molar-refractivity contribution >= 4 is 11.6 Å². The number of aromatic nitrogens is 2. The minimum Gasteiger partial charge on any atom is -0.396 e. The van der Waals surface area contributed by atoms with E-state index >= 15 is 0 Å². The number of nitrogens with zero attached hydrogens (tertiary/aromatic N) is 3. The fraction of sp³-hybridized carbons (Fsp3) is 0.636. The summed E-state index contributed by atoms with van der Waals surface area (Å²) in [6.45, 7) is 5.25. The molecule has 1 saturated heterocycles. The maximum absolute atomic E-state index is 11.2. The summed E-state index contributed by atoms with van der Waals surface area (Å²) in [5.41, 5.74) is 7.55. The molecule has 1 aromatic rings. The molecule has 88 valence electrons. The van der Waals surface area contributed by atoms with Gasteiger partial charge < -0.3 is 10.6 Å². The van der Waals surface area contributed by atoms with Gasteiger partial charge in [-0.2, -0.15) is 5.10 Å². The Balaban J connectivity index is 2.04. The molecule has 2 N–H and O–H groups in total. The number of hydrogen-bond acceptors (Lipinski definition) is 3. The van der Waals surface area contributed by atoms with Crippen LogP contribution in [0.25, 0.3) is 0 Å². The standard InChI is InChI=1S/C11H18N4O/c1-8-11(12)7-13-15(8)10-3-5-14(6-4-10)9(2)16/h7,10H,3-6,12H2,1-2H3. The molecule has 1 aromatic heterocycles. The van der Waals surface area contributed by atoms with Crippen LogP contribution >= 0.6 is 0 Å². The molecule has 2 heterocycles. The van der Waals surface area contributed by atoms with Gasteiger partial charge in [0.15, 0.2) is 0 Å². The van der Waals surface area contributed by atoms with Crippen molar-refractivity contribution in [2.24, 2.45) is 0 Å². The van der Waals surface area contributed by atoms with Gasteiger partial charge in [-0.05, 0) is 19.8 Å². The number of hydrogen-bond donors (Lipinski definition) is 1. The number of rotatable bonds is 1. The smallest absolute Gasteiger partial charge is 0.219 e. The van der Waals surface area contributed by atoms with Crippen LogP contribution in [0.2, 0.25) is 0 Å². The second-order valence-corrected chi connectivity index (χ2v) is 4.37. The van der Waals surface area contributed by atoms with Crippen molar-refractivity contribution in [1.29, 1.82) is 0 Å². The number of amides is 1. The Morgan fingerprint density at radius 2 is 2.12 bits per heavy atom. The summed E-state index contributed by atoms with van der Waals surface area (Å²) in [4.78, 5) is 13.1. The van der Waals surface area contributed by atoms with Crippen LogP contribution in [0.1, 0.15) is 31.5 Å². The zero-order valence-corrected chi connectivity index (χ0v) is 9.81. The zero-order valence-electron chi connectivity index (χ0n) is 9.81. The highest BCUT2D eigenvalue weighted by molar-refractivity contribution is 5.73. The van der Waals surface area contributed by atoms with Gasteiger partial charge in [0.2, 0.25) is 5.91 Å². The Kier molecular flexibility index (Phi) is 2.85. The fourth-order valence-electron chi connectivity index (χ4n) is 2.23. The summed E-state index contributed by atoms with van der Waals surface area (Å²) < 4.78 is 1.99. The lowest BCUT2D eigenvalue weighted by Crippen LogP contribution is -2.38. The number of carbonyl (C=O) groups excluding carboxylic acids is 1. The molecule has 0 radical (unpaired) electrons. The van der Waals surface area contributed by atoms with Crippen LogP contribution in [0.15, 0.2) is 6.20 Å². The number of nitrogen functional groups attached to an aromatic ring is 1. The van der Waals surface area contributed by atoms with E-state index in [0.29, 0.717) is 6.04 Å². The van der Waals surface area contributed by atoms with Gasteiger partial charge in [-0.15, -0.1) is 0 Å². The van der Waals surface area contributed by atoms with Crippen LogP contribution in [0, 0.1) is 6.92 Å². The van der Waals surface area contributed by atoms with Crippen molar-refractivity contribution < 1.29 is 4.79 Å². The fourth-order valence-corrected chi connectivity index (χ4v) is 2.23. The lowest BCUT2D eigenvalue weighted by atomic mass is 10.1. The number of nitrogens with two attached hydrogens (primary N) is 1. The monoisotopic (exact) mass is 222 g/mol. The Bertz CT molecular complexity index is 391. The third kappa shape index (κ3) is 1.89. The number of anilines is 1. The molecule has 1 aliphatic rings. The van der Waals surface area contributed by atoms with Gasteiger partial charge in [0.1, 0.15) is 0 Å². The van der Waals surface area contributed by atoms with Gasteiger partial charge in [0.05, 0.1) is 23.6 Å². The zero-order chi connectivity index (χ0) is 11.7. The Labute approximate surface area is 95.2 Å². The van der Waals surface area contributed by atoms with Crippen molar-refractivity contribution in [3.63, 3.8) is 0 Å². The molecule has 0 unspecified atom stereocenters. The quantitative estimate of drug-likeness (QED) is 0.769. The normalized spacial score (nSPS) is 17.8. The van der Waals surface area contributed by atoms with Gasteiger partial charge in [0.25, 0.3) is 0 Å². The molecule has 0 spiro atoms. The Hall–Kier alpha value is -1.52. The second-order valence-electron chi connectivity index (χ2n) is 4.37. The largest absolute Gasteiger partial charge is 0.396 e. The number of likely N-dealkylation sites (tertiary alicyclic amines) is 1. The van der Waals surface area contributed by atoms with E-state index in [9.17, 15) is 4.79 Å². The highest BCUT2D eigenvalue weighted by Gasteiger charge is 2.23. The van der Waals surface area contributed by atoms with Crippen LogP contribution in [0.5, 0.6) is 0 Å². The summed E-state index contributed by atoms with van der Waals surface area (Å²) in [6, 6.07) is 0.382. The predicted molar refractivity (Wildman–Crippen MR) is 61.9 cm³/mol. The maximum Gasteiger partial charge on any atom is 0.219 e. The Morgan fingerprint density at radius 3 is 2.56 bits per heavy atom. The van der Waals surface area contributed by atoms with Crippen LogP contribution in [0.4, 0.5) is 5.69 Å². The Morgan fingerprint density at radius 1 is 1.50 bits per heavy atom. The molecule has 0 saturated carbocycles. The number of carbonyl (C=O) groups is 1. The molecule has 0 bridgehead atoms. The van der Waals surface area contributed by atoms with E-state index in [4.69, 9.17) is 5.73 Å². The first kappa shape index (κ1) is 11.0. The average molecular weight is 222 g/mol. The summed E-state index contributed by atoms with van der Waals surface area (Å²) in [6.07, 6.45) is 3.62. The first-order chi connectivity index (χ1) is 7.59. The summed E-state index contributed by atoms with van der Waals surface area (Å²) >= 11 is 0. The molecular formula is C11H18N4O. The first-order valence-electron chi connectivity index (χ1n) is 5.64. The molecule has 5 nitrogen and oxygen atoms in total. The molecule has 1 amide bonds. The third-order valence-corrected chi connectivity index (χ3v) is 3.34. The number of piperidine rings is 1. The van der Waals surface area contributed by atoms with E-state index in [-0.39, 0.29) is 5.91 Å². The molecule has 5 heteroatoms. The third-order valence-electron chi connectivity index (χ3n) is 3.34. The van der Waals surface area contributed by atoms with Crippen molar-refractivity contribution in [2.45, 2.75) is 32.7 Å². The van der Waals surface area contributed by atoms with Crippen LogP contribution in [0.3, 0.4) is 0 Å². The van der Waals surface area contributed by atoms with Crippen LogP contribution < -0.4 is 5.73 Å². The molecule has 1 fully saturated rings. The van der Waals surface area contributed by atoms with Gasteiger partial charge in [-0.25, -0.2) is 0 Å². The van der Waals surface area contributed by atoms with E-state index in [1.54, 1.807) is 13.1 Å². The lowest BCUT2D eigenvalue weighted by molar-refractivity contribution is -0.130. The first-order valence-corrected chi connectivity index (χ1v) is 5.64. The average Bonchev–Trinajstić information content (AvgIpc) is 2.60. The van der Waals surface area contributed by atoms with Crippen molar-refractivity contribution in [1.82, 2.24) is 14.7 Å². The van der Waals surface area contributed by atoms with Crippen molar-refractivity contribution in [2.75, 3.05) is 18.8 Å². The predicted octanol–water partition coefficient (Wildman–Crippen LogP) is 0.957. The molecule has 2 rings (SSSR count).